The summed E-state index contributed by atoms with van der Waals surface area (Å²) < 4.78 is 42.0. The van der Waals surface area contributed by atoms with Gasteiger partial charge in [0.05, 0.1) is 4.90 Å². The molecule has 0 aromatic heterocycles. The number of nitrogens with zero attached hydrogens (tertiary/aromatic N) is 2. The average molecular weight is 482 g/mol. The van der Waals surface area contributed by atoms with Gasteiger partial charge in [0.15, 0.2) is 0 Å². The fourth-order valence-corrected chi connectivity index (χ4v) is 5.25. The van der Waals surface area contributed by atoms with E-state index in [1.165, 1.54) is 12.1 Å². The summed E-state index contributed by atoms with van der Waals surface area (Å²) in [7, 11) is -3.88. The molecule has 4 rings (SSSR count). The van der Waals surface area contributed by atoms with Crippen molar-refractivity contribution in [2.45, 2.75) is 24.3 Å². The Bertz CT molecular complexity index is 1210. The van der Waals surface area contributed by atoms with Crippen LogP contribution in [0.15, 0.2) is 83.8 Å². The lowest BCUT2D eigenvalue weighted by Crippen LogP contribution is -2.55. The lowest BCUT2D eigenvalue weighted by atomic mass is 10.1. The first-order valence-electron chi connectivity index (χ1n) is 11.2. The molecule has 178 valence electrons. The minimum Gasteiger partial charge on any atom is -0.368 e. The maximum atomic E-state index is 13.5. The van der Waals surface area contributed by atoms with Crippen LogP contribution in [0.3, 0.4) is 0 Å². The Balaban J connectivity index is 1.50. The number of halogens is 1. The number of carbonyl (C=O) groups is 1. The van der Waals surface area contributed by atoms with Gasteiger partial charge in [0.1, 0.15) is 11.9 Å². The number of rotatable bonds is 7. The quantitative estimate of drug-likeness (QED) is 0.562. The number of hydrogen-bond donors (Lipinski definition) is 1. The lowest BCUT2D eigenvalue weighted by molar-refractivity contribution is -0.133. The van der Waals surface area contributed by atoms with E-state index >= 15 is 0 Å². The van der Waals surface area contributed by atoms with Gasteiger partial charge in [0, 0.05) is 31.9 Å². The number of piperazine rings is 1. The number of nitrogens with one attached hydrogen (secondary N) is 1. The SMILES string of the molecule is Cc1ccc(S(=O)(=O)N[C@H](Cc2ccccc2)C(=O)N2CCN(c3ccc(F)cc3)CC2)cc1. The monoisotopic (exact) mass is 481 g/mol. The number of aryl methyl sites for hydroxylation is 1. The molecule has 1 amide bonds. The second-order valence-corrected chi connectivity index (χ2v) is 10.2. The molecule has 0 radical (unpaired) electrons. The van der Waals surface area contributed by atoms with Crippen LogP contribution >= 0.6 is 0 Å². The number of anilines is 1. The topological polar surface area (TPSA) is 69.7 Å². The molecule has 1 heterocycles. The molecule has 1 fully saturated rings. The molecule has 6 nitrogen and oxygen atoms in total. The van der Waals surface area contributed by atoms with Gasteiger partial charge >= 0.3 is 0 Å². The predicted octanol–water partition coefficient (Wildman–Crippen LogP) is 3.37. The third-order valence-electron chi connectivity index (χ3n) is 5.99. The minimum absolute atomic E-state index is 0.130. The highest BCUT2D eigenvalue weighted by Gasteiger charge is 2.31. The van der Waals surface area contributed by atoms with E-state index in [0.29, 0.717) is 26.2 Å². The predicted molar refractivity (Wildman–Crippen MR) is 131 cm³/mol. The zero-order chi connectivity index (χ0) is 24.1. The second kappa shape index (κ2) is 10.4. The van der Waals surface area contributed by atoms with Gasteiger partial charge in [-0.25, -0.2) is 12.8 Å². The Labute approximate surface area is 200 Å². The highest BCUT2D eigenvalue weighted by molar-refractivity contribution is 7.89. The highest BCUT2D eigenvalue weighted by atomic mass is 32.2. The van der Waals surface area contributed by atoms with Crippen molar-refractivity contribution in [3.05, 3.63) is 95.8 Å². The molecule has 1 saturated heterocycles. The van der Waals surface area contributed by atoms with E-state index in [-0.39, 0.29) is 23.0 Å². The summed E-state index contributed by atoms with van der Waals surface area (Å²) >= 11 is 0. The van der Waals surface area contributed by atoms with E-state index in [2.05, 4.69) is 9.62 Å². The van der Waals surface area contributed by atoms with Crippen LogP contribution in [0.5, 0.6) is 0 Å². The summed E-state index contributed by atoms with van der Waals surface area (Å²) in [6.07, 6.45) is 0.253. The van der Waals surface area contributed by atoms with Gasteiger partial charge < -0.3 is 9.80 Å². The van der Waals surface area contributed by atoms with Crippen LogP contribution < -0.4 is 9.62 Å². The molecule has 1 atom stereocenters. The standard InChI is InChI=1S/C26H28FN3O3S/c1-20-7-13-24(14-8-20)34(32,33)28-25(19-21-5-3-2-4-6-21)26(31)30-17-15-29(16-18-30)23-11-9-22(27)10-12-23/h2-14,25,28H,15-19H2,1H3/t25-/m1/s1. The molecule has 3 aromatic carbocycles. The third-order valence-corrected chi connectivity index (χ3v) is 7.48. The Morgan fingerprint density at radius 1 is 0.912 bits per heavy atom. The van der Waals surface area contributed by atoms with E-state index < -0.39 is 16.1 Å². The van der Waals surface area contributed by atoms with Crippen LogP contribution in [0.2, 0.25) is 0 Å². The summed E-state index contributed by atoms with van der Waals surface area (Å²) in [6, 6.07) is 21.3. The number of benzene rings is 3. The zero-order valence-corrected chi connectivity index (χ0v) is 19.8. The number of hydrogen-bond acceptors (Lipinski definition) is 4. The molecule has 0 spiro atoms. The summed E-state index contributed by atoms with van der Waals surface area (Å²) in [5, 5.41) is 0. The summed E-state index contributed by atoms with van der Waals surface area (Å²) in [5.41, 5.74) is 2.72. The lowest BCUT2D eigenvalue weighted by Gasteiger charge is -2.37. The molecule has 34 heavy (non-hydrogen) atoms. The normalized spacial score (nSPS) is 15.2. The Morgan fingerprint density at radius 3 is 2.15 bits per heavy atom. The fourth-order valence-electron chi connectivity index (χ4n) is 4.06. The number of carbonyl (C=O) groups excluding carboxylic acids is 1. The highest BCUT2D eigenvalue weighted by Crippen LogP contribution is 2.19. The van der Waals surface area contributed by atoms with Crippen molar-refractivity contribution in [2.75, 3.05) is 31.1 Å². The van der Waals surface area contributed by atoms with Gasteiger partial charge in [0.25, 0.3) is 0 Å². The van der Waals surface area contributed by atoms with E-state index in [4.69, 9.17) is 0 Å². The zero-order valence-electron chi connectivity index (χ0n) is 19.0. The van der Waals surface area contributed by atoms with Crippen molar-refractivity contribution in [2.24, 2.45) is 0 Å². The van der Waals surface area contributed by atoms with Crippen LogP contribution in [0.4, 0.5) is 10.1 Å². The average Bonchev–Trinajstić information content (AvgIpc) is 2.84. The van der Waals surface area contributed by atoms with Crippen LogP contribution in [-0.2, 0) is 21.2 Å². The van der Waals surface area contributed by atoms with Gasteiger partial charge in [-0.3, -0.25) is 4.79 Å². The third kappa shape index (κ3) is 5.81. The van der Waals surface area contributed by atoms with Crippen LogP contribution in [-0.4, -0.2) is 51.4 Å². The first-order valence-corrected chi connectivity index (χ1v) is 12.7. The Hall–Kier alpha value is -3.23. The number of amides is 1. The van der Waals surface area contributed by atoms with Crippen molar-refractivity contribution in [1.29, 1.82) is 0 Å². The largest absolute Gasteiger partial charge is 0.368 e. The fraction of sp³-hybridized carbons (Fsp3) is 0.269. The number of sulfonamides is 1. The van der Waals surface area contributed by atoms with Crippen LogP contribution in [0.1, 0.15) is 11.1 Å². The van der Waals surface area contributed by atoms with Crippen molar-refractivity contribution < 1.29 is 17.6 Å². The minimum atomic E-state index is -3.88. The molecule has 0 bridgehead atoms. The molecule has 8 heteroatoms. The first kappa shape index (κ1) is 23.9. The van der Waals surface area contributed by atoms with E-state index in [9.17, 15) is 17.6 Å². The molecule has 0 aliphatic carbocycles. The van der Waals surface area contributed by atoms with E-state index in [1.807, 2.05) is 37.3 Å². The summed E-state index contributed by atoms with van der Waals surface area (Å²) in [5.74, 6) is -0.541. The first-order chi connectivity index (χ1) is 16.3. The molecular formula is C26H28FN3O3S. The van der Waals surface area contributed by atoms with Crippen LogP contribution in [0.25, 0.3) is 0 Å². The maximum Gasteiger partial charge on any atom is 0.241 e. The molecular weight excluding hydrogens is 453 g/mol. The molecule has 3 aromatic rings. The molecule has 0 unspecified atom stereocenters. The van der Waals surface area contributed by atoms with Crippen LogP contribution in [0, 0.1) is 12.7 Å². The van der Waals surface area contributed by atoms with Gasteiger partial charge in [-0.15, -0.1) is 0 Å². The molecule has 1 aliphatic rings. The van der Waals surface area contributed by atoms with Gasteiger partial charge in [-0.2, -0.15) is 4.72 Å². The summed E-state index contributed by atoms with van der Waals surface area (Å²) in [4.78, 5) is 17.4. The molecule has 0 saturated carbocycles. The maximum absolute atomic E-state index is 13.5. The van der Waals surface area contributed by atoms with Gasteiger partial charge in [-0.05, 0) is 55.3 Å². The smallest absolute Gasteiger partial charge is 0.241 e. The summed E-state index contributed by atoms with van der Waals surface area (Å²) in [6.45, 7) is 3.96. The van der Waals surface area contributed by atoms with E-state index in [0.717, 1.165) is 16.8 Å². The Morgan fingerprint density at radius 2 is 1.53 bits per heavy atom. The molecule has 1 N–H and O–H groups in total. The molecule has 1 aliphatic heterocycles. The van der Waals surface area contributed by atoms with Gasteiger partial charge in [0.2, 0.25) is 15.9 Å². The Kier molecular flexibility index (Phi) is 7.29. The van der Waals surface area contributed by atoms with Crippen molar-refractivity contribution >= 4 is 21.6 Å². The van der Waals surface area contributed by atoms with Crippen molar-refractivity contribution in [1.82, 2.24) is 9.62 Å². The second-order valence-electron chi connectivity index (χ2n) is 8.47. The van der Waals surface area contributed by atoms with Gasteiger partial charge in [-0.1, -0.05) is 48.0 Å². The van der Waals surface area contributed by atoms with Crippen molar-refractivity contribution in [3.8, 4) is 0 Å². The van der Waals surface area contributed by atoms with Crippen molar-refractivity contribution in [3.63, 3.8) is 0 Å². The van der Waals surface area contributed by atoms with E-state index in [1.54, 1.807) is 41.3 Å².